The van der Waals surface area contributed by atoms with Crippen LogP contribution in [0.15, 0.2) is 54.6 Å². The van der Waals surface area contributed by atoms with Crippen molar-refractivity contribution >= 4 is 11.9 Å². The highest BCUT2D eigenvalue weighted by Gasteiger charge is 2.28. The summed E-state index contributed by atoms with van der Waals surface area (Å²) in [7, 11) is 0. The number of carbonyl (C=O) groups excluding carboxylic acids is 2. The molecule has 6 heteroatoms. The largest absolute Gasteiger partial charge is 0.494 e. The van der Waals surface area contributed by atoms with Gasteiger partial charge < -0.3 is 19.9 Å². The minimum atomic E-state index is -0.0526. The van der Waals surface area contributed by atoms with E-state index in [1.807, 2.05) is 66.4 Å². The molecule has 6 nitrogen and oxygen atoms in total. The lowest BCUT2D eigenvalue weighted by Gasteiger charge is -2.18. The van der Waals surface area contributed by atoms with Gasteiger partial charge in [-0.1, -0.05) is 42.5 Å². The van der Waals surface area contributed by atoms with Crippen molar-refractivity contribution in [2.45, 2.75) is 26.4 Å². The van der Waals surface area contributed by atoms with Crippen LogP contribution in [0.1, 0.15) is 24.5 Å². The summed E-state index contributed by atoms with van der Waals surface area (Å²) in [6.45, 7) is 5.46. The second-order valence-corrected chi connectivity index (χ2v) is 6.78. The van der Waals surface area contributed by atoms with Crippen molar-refractivity contribution in [3.05, 3.63) is 65.7 Å². The maximum atomic E-state index is 12.5. The summed E-state index contributed by atoms with van der Waals surface area (Å²) in [5.74, 6) is 0.772. The van der Waals surface area contributed by atoms with Crippen LogP contribution >= 0.6 is 0 Å². The van der Waals surface area contributed by atoms with E-state index in [1.54, 1.807) is 4.90 Å². The summed E-state index contributed by atoms with van der Waals surface area (Å²) >= 11 is 0. The third-order valence-electron chi connectivity index (χ3n) is 4.73. The number of carbonyl (C=O) groups is 2. The van der Waals surface area contributed by atoms with Gasteiger partial charge in [-0.3, -0.25) is 4.79 Å². The molecule has 3 amide bonds. The molecular weight excluding hydrogens is 354 g/mol. The topological polar surface area (TPSA) is 61.9 Å². The third kappa shape index (κ3) is 5.49. The first-order valence-corrected chi connectivity index (χ1v) is 9.72. The normalized spacial score (nSPS) is 13.7. The molecule has 0 aliphatic carbocycles. The Labute approximate surface area is 166 Å². The summed E-state index contributed by atoms with van der Waals surface area (Å²) in [4.78, 5) is 28.2. The monoisotopic (exact) mass is 381 g/mol. The highest BCUT2D eigenvalue weighted by atomic mass is 16.5. The van der Waals surface area contributed by atoms with Crippen molar-refractivity contribution in [2.24, 2.45) is 0 Å². The summed E-state index contributed by atoms with van der Waals surface area (Å²) in [6.07, 6.45) is 0.307. The van der Waals surface area contributed by atoms with Gasteiger partial charge in [-0.25, -0.2) is 4.79 Å². The van der Waals surface area contributed by atoms with Crippen LogP contribution < -0.4 is 10.1 Å². The standard InChI is InChI=1S/C22H27N3O3/c1-2-28-20-10-8-18(9-11-20)16-23-21(26)12-13-24-14-15-25(22(24)27)17-19-6-4-3-5-7-19/h3-11H,2,12-17H2,1H3,(H,23,26). The molecule has 1 saturated heterocycles. The molecule has 0 spiro atoms. The van der Waals surface area contributed by atoms with Crippen molar-refractivity contribution in [3.8, 4) is 5.75 Å². The molecule has 1 aliphatic heterocycles. The first-order valence-electron chi connectivity index (χ1n) is 9.72. The first kappa shape index (κ1) is 19.7. The number of amides is 3. The maximum Gasteiger partial charge on any atom is 0.320 e. The predicted octanol–water partition coefficient (Wildman–Crippen LogP) is 3.03. The third-order valence-corrected chi connectivity index (χ3v) is 4.73. The summed E-state index contributed by atoms with van der Waals surface area (Å²) in [6, 6.07) is 17.6. The van der Waals surface area contributed by atoms with Crippen LogP contribution in [0, 0.1) is 0 Å². The smallest absolute Gasteiger partial charge is 0.320 e. The molecule has 1 aliphatic rings. The van der Waals surface area contributed by atoms with E-state index in [2.05, 4.69) is 5.32 Å². The van der Waals surface area contributed by atoms with E-state index in [4.69, 9.17) is 4.74 Å². The molecule has 0 unspecified atom stereocenters. The zero-order valence-electron chi connectivity index (χ0n) is 16.3. The van der Waals surface area contributed by atoms with Gasteiger partial charge in [0.15, 0.2) is 0 Å². The number of hydrogen-bond acceptors (Lipinski definition) is 3. The van der Waals surface area contributed by atoms with Gasteiger partial charge in [0.05, 0.1) is 6.61 Å². The average Bonchev–Trinajstić information content (AvgIpc) is 3.06. The van der Waals surface area contributed by atoms with Gasteiger partial charge in [0.2, 0.25) is 5.91 Å². The minimum absolute atomic E-state index is 0.00293. The first-order chi connectivity index (χ1) is 13.7. The summed E-state index contributed by atoms with van der Waals surface area (Å²) in [5, 5.41) is 2.91. The van der Waals surface area contributed by atoms with E-state index in [1.165, 1.54) is 0 Å². The van der Waals surface area contributed by atoms with Crippen LogP contribution in [0.5, 0.6) is 5.75 Å². The van der Waals surface area contributed by atoms with Crippen molar-refractivity contribution < 1.29 is 14.3 Å². The van der Waals surface area contributed by atoms with E-state index >= 15 is 0 Å². The van der Waals surface area contributed by atoms with Crippen molar-refractivity contribution in [1.82, 2.24) is 15.1 Å². The SMILES string of the molecule is CCOc1ccc(CNC(=O)CCN2CCN(Cc3ccccc3)C2=O)cc1. The average molecular weight is 381 g/mol. The van der Waals surface area contributed by atoms with Crippen LogP contribution in [0.4, 0.5) is 4.79 Å². The molecule has 1 fully saturated rings. The molecule has 0 saturated carbocycles. The second kappa shape index (κ2) is 9.78. The van der Waals surface area contributed by atoms with Crippen LogP contribution in [-0.2, 0) is 17.9 Å². The number of nitrogens with one attached hydrogen (secondary N) is 1. The molecule has 28 heavy (non-hydrogen) atoms. The quantitative estimate of drug-likeness (QED) is 0.726. The Hall–Kier alpha value is -3.02. The fraction of sp³-hybridized carbons (Fsp3) is 0.364. The highest BCUT2D eigenvalue weighted by Crippen LogP contribution is 2.14. The zero-order valence-corrected chi connectivity index (χ0v) is 16.3. The lowest BCUT2D eigenvalue weighted by Crippen LogP contribution is -2.34. The molecule has 148 valence electrons. The molecule has 0 bridgehead atoms. The van der Waals surface area contributed by atoms with E-state index in [-0.39, 0.29) is 11.9 Å². The van der Waals surface area contributed by atoms with Gasteiger partial charge in [-0.15, -0.1) is 0 Å². The van der Waals surface area contributed by atoms with E-state index in [9.17, 15) is 9.59 Å². The van der Waals surface area contributed by atoms with Crippen LogP contribution in [0.3, 0.4) is 0 Å². The number of hydrogen-bond donors (Lipinski definition) is 1. The lowest BCUT2D eigenvalue weighted by molar-refractivity contribution is -0.121. The maximum absolute atomic E-state index is 12.5. The van der Waals surface area contributed by atoms with Crippen molar-refractivity contribution in [3.63, 3.8) is 0 Å². The van der Waals surface area contributed by atoms with Gasteiger partial charge in [0.25, 0.3) is 0 Å². The summed E-state index contributed by atoms with van der Waals surface area (Å²) < 4.78 is 5.41. The van der Waals surface area contributed by atoms with E-state index in [0.29, 0.717) is 45.8 Å². The Morgan fingerprint density at radius 3 is 2.43 bits per heavy atom. The fourth-order valence-electron chi connectivity index (χ4n) is 3.19. The number of benzene rings is 2. The number of ether oxygens (including phenoxy) is 1. The molecule has 0 atom stereocenters. The Bertz CT molecular complexity index is 777. The Morgan fingerprint density at radius 2 is 1.71 bits per heavy atom. The molecule has 0 aromatic heterocycles. The van der Waals surface area contributed by atoms with Crippen LogP contribution in [0.2, 0.25) is 0 Å². The van der Waals surface area contributed by atoms with E-state index < -0.39 is 0 Å². The zero-order chi connectivity index (χ0) is 19.8. The number of urea groups is 1. The van der Waals surface area contributed by atoms with Gasteiger partial charge >= 0.3 is 6.03 Å². The summed E-state index contributed by atoms with van der Waals surface area (Å²) in [5.41, 5.74) is 2.13. The van der Waals surface area contributed by atoms with Crippen LogP contribution in [0.25, 0.3) is 0 Å². The highest BCUT2D eigenvalue weighted by molar-refractivity contribution is 5.79. The van der Waals surface area contributed by atoms with Gasteiger partial charge in [-0.05, 0) is 30.2 Å². The molecular formula is C22H27N3O3. The van der Waals surface area contributed by atoms with Crippen molar-refractivity contribution in [1.29, 1.82) is 0 Å². The predicted molar refractivity (Wildman–Crippen MR) is 108 cm³/mol. The molecule has 1 heterocycles. The molecule has 3 rings (SSSR count). The number of rotatable bonds is 9. The minimum Gasteiger partial charge on any atom is -0.494 e. The Kier molecular flexibility index (Phi) is 6.89. The molecule has 1 N–H and O–H groups in total. The van der Waals surface area contributed by atoms with Gasteiger partial charge in [-0.2, -0.15) is 0 Å². The van der Waals surface area contributed by atoms with Gasteiger partial charge in [0.1, 0.15) is 5.75 Å². The van der Waals surface area contributed by atoms with Crippen LogP contribution in [-0.4, -0.2) is 48.0 Å². The lowest BCUT2D eigenvalue weighted by atomic mass is 10.2. The molecule has 2 aromatic carbocycles. The van der Waals surface area contributed by atoms with E-state index in [0.717, 1.165) is 16.9 Å². The Morgan fingerprint density at radius 1 is 1.00 bits per heavy atom. The Balaban J connectivity index is 1.39. The second-order valence-electron chi connectivity index (χ2n) is 6.78. The van der Waals surface area contributed by atoms with Crippen molar-refractivity contribution in [2.75, 3.05) is 26.2 Å². The molecule has 0 radical (unpaired) electrons. The van der Waals surface area contributed by atoms with Gasteiger partial charge in [0, 0.05) is 39.1 Å². The fourth-order valence-corrected chi connectivity index (χ4v) is 3.19. The number of nitrogens with zero attached hydrogens (tertiary/aromatic N) is 2. The molecule has 2 aromatic rings.